The molecule has 9 heteroatoms. The van der Waals surface area contributed by atoms with E-state index < -0.39 is 0 Å². The monoisotopic (exact) mass is 520 g/mol. The Balaban J connectivity index is 0.00000216. The molecule has 0 saturated heterocycles. The first-order valence-corrected chi connectivity index (χ1v) is 10.9. The summed E-state index contributed by atoms with van der Waals surface area (Å²) in [5.74, 6) is -0.951. The molecule has 5 nitrogen and oxygen atoms in total. The van der Waals surface area contributed by atoms with Crippen LogP contribution in [0.5, 0.6) is 0 Å². The van der Waals surface area contributed by atoms with Gasteiger partial charge in [0.05, 0.1) is 0 Å². The number of rotatable bonds is 8. The van der Waals surface area contributed by atoms with Crippen molar-refractivity contribution in [1.29, 1.82) is 0 Å². The van der Waals surface area contributed by atoms with E-state index in [0.29, 0.717) is 24.3 Å². The van der Waals surface area contributed by atoms with Gasteiger partial charge in [-0.05, 0) is 66.4 Å². The summed E-state index contributed by atoms with van der Waals surface area (Å²) >= 11 is 0. The molecule has 4 rings (SSSR count). The van der Waals surface area contributed by atoms with Crippen molar-refractivity contribution in [3.05, 3.63) is 84.1 Å². The van der Waals surface area contributed by atoms with Crippen molar-refractivity contribution in [2.75, 3.05) is 13.1 Å². The molecule has 4 aromatic rings. The summed E-state index contributed by atoms with van der Waals surface area (Å²) in [7, 11) is 0. The molecule has 0 aliphatic heterocycles. The maximum absolute atomic E-state index is 13.5. The molecule has 186 valence electrons. The number of fused-ring (bicyclic) bond motifs is 1. The van der Waals surface area contributed by atoms with Crippen molar-refractivity contribution in [2.45, 2.75) is 18.9 Å². The lowest BCUT2D eigenvalue weighted by Gasteiger charge is -2.12. The Labute approximate surface area is 215 Å². The van der Waals surface area contributed by atoms with Crippen molar-refractivity contribution < 1.29 is 13.6 Å². The van der Waals surface area contributed by atoms with Crippen LogP contribution in [-0.4, -0.2) is 30.0 Å². The van der Waals surface area contributed by atoms with Crippen molar-refractivity contribution >= 4 is 41.6 Å². The highest BCUT2D eigenvalue weighted by Crippen LogP contribution is 2.35. The summed E-state index contributed by atoms with van der Waals surface area (Å²) < 4.78 is 26.9. The zero-order valence-corrected chi connectivity index (χ0v) is 20.5. The van der Waals surface area contributed by atoms with Crippen LogP contribution in [0.15, 0.2) is 66.7 Å². The third kappa shape index (κ3) is 6.58. The molecular formula is C26H28Cl2F2N4O. The molecule has 0 radical (unpaired) electrons. The molecule has 0 saturated carbocycles. The third-order valence-electron chi connectivity index (χ3n) is 5.64. The van der Waals surface area contributed by atoms with E-state index in [-0.39, 0.29) is 48.4 Å². The van der Waals surface area contributed by atoms with Crippen LogP contribution in [0.3, 0.4) is 0 Å². The molecule has 0 fully saturated rings. The minimum atomic E-state index is -0.353. The number of benzene rings is 3. The number of halogens is 4. The largest absolute Gasteiger partial charge is 0.350 e. The summed E-state index contributed by atoms with van der Waals surface area (Å²) in [6.45, 7) is 0.868. The maximum Gasteiger partial charge on any atom is 0.268 e. The van der Waals surface area contributed by atoms with Crippen molar-refractivity contribution in [2.24, 2.45) is 11.5 Å². The normalized spacial score (nSPS) is 11.4. The quantitative estimate of drug-likeness (QED) is 0.249. The highest BCUT2D eigenvalue weighted by Gasteiger charge is 2.20. The van der Waals surface area contributed by atoms with Gasteiger partial charge >= 0.3 is 0 Å². The van der Waals surface area contributed by atoms with E-state index in [4.69, 9.17) is 11.5 Å². The molecule has 6 N–H and O–H groups in total. The zero-order chi connectivity index (χ0) is 23.4. The number of amides is 1. The highest BCUT2D eigenvalue weighted by molar-refractivity contribution is 6.10. The second kappa shape index (κ2) is 12.7. The van der Waals surface area contributed by atoms with Crippen LogP contribution in [-0.2, 0) is 0 Å². The molecule has 1 heterocycles. The average Bonchev–Trinajstić information content (AvgIpc) is 3.21. The molecule has 1 atom stereocenters. The van der Waals surface area contributed by atoms with E-state index >= 15 is 0 Å². The van der Waals surface area contributed by atoms with Crippen LogP contribution in [0.4, 0.5) is 8.78 Å². The van der Waals surface area contributed by atoms with Crippen molar-refractivity contribution in [1.82, 2.24) is 10.3 Å². The lowest BCUT2D eigenvalue weighted by Crippen LogP contribution is -2.37. The number of nitrogens with one attached hydrogen (secondary N) is 2. The minimum Gasteiger partial charge on any atom is -0.350 e. The Hall–Kier alpha value is -2.97. The zero-order valence-electron chi connectivity index (χ0n) is 18.9. The number of carbonyl (C=O) groups is 1. The smallest absolute Gasteiger partial charge is 0.268 e. The van der Waals surface area contributed by atoms with Crippen LogP contribution in [0, 0.1) is 11.6 Å². The number of hydrogen-bond acceptors (Lipinski definition) is 3. The number of H-pyrrole nitrogens is 1. The van der Waals surface area contributed by atoms with Crippen LogP contribution in [0.25, 0.3) is 33.2 Å². The SMILES string of the molecule is Cl.Cl.NCCC[C@@H](N)CNC(=O)c1[nH]c2cc(-c3ccc(F)cc3)ccc2c1-c1ccc(F)cc1. The standard InChI is InChI=1S/C26H26F2N4O.2ClH/c27-19-8-3-16(4-9-19)18-7-12-22-23(14-18)32-25(24(22)17-5-10-20(28)11-6-17)26(33)31-15-21(30)2-1-13-29;;/h3-12,14,21,32H,1-2,13,15,29-30H2,(H,31,33);2*1H/t21-;;/m1../s1. The van der Waals surface area contributed by atoms with Gasteiger partial charge in [-0.2, -0.15) is 0 Å². The first-order chi connectivity index (χ1) is 16.0. The number of nitrogens with two attached hydrogens (primary N) is 2. The van der Waals surface area contributed by atoms with Gasteiger partial charge in [0.1, 0.15) is 17.3 Å². The van der Waals surface area contributed by atoms with Gasteiger partial charge in [0.25, 0.3) is 5.91 Å². The molecular weight excluding hydrogens is 493 g/mol. The van der Waals surface area contributed by atoms with E-state index in [2.05, 4.69) is 10.3 Å². The molecule has 0 aliphatic carbocycles. The Morgan fingerprint density at radius 2 is 1.46 bits per heavy atom. The topological polar surface area (TPSA) is 96.9 Å². The van der Waals surface area contributed by atoms with Crippen molar-refractivity contribution in [3.8, 4) is 22.3 Å². The van der Waals surface area contributed by atoms with Gasteiger partial charge in [-0.1, -0.05) is 36.4 Å². The summed E-state index contributed by atoms with van der Waals surface area (Å²) in [4.78, 5) is 16.3. The fourth-order valence-corrected chi connectivity index (χ4v) is 3.90. The molecule has 0 spiro atoms. The third-order valence-corrected chi connectivity index (χ3v) is 5.64. The summed E-state index contributed by atoms with van der Waals surface area (Å²) in [6, 6.07) is 17.8. The van der Waals surface area contributed by atoms with E-state index in [1.807, 2.05) is 18.2 Å². The average molecular weight is 521 g/mol. The lowest BCUT2D eigenvalue weighted by atomic mass is 9.99. The Kier molecular flexibility index (Phi) is 10.2. The second-order valence-electron chi connectivity index (χ2n) is 8.05. The van der Waals surface area contributed by atoms with Gasteiger partial charge in [0.2, 0.25) is 0 Å². The molecule has 1 amide bonds. The lowest BCUT2D eigenvalue weighted by molar-refractivity contribution is 0.0947. The molecule has 0 bridgehead atoms. The van der Waals surface area contributed by atoms with E-state index in [1.165, 1.54) is 24.3 Å². The summed E-state index contributed by atoms with van der Waals surface area (Å²) in [5, 5.41) is 3.72. The molecule has 0 unspecified atom stereocenters. The van der Waals surface area contributed by atoms with Crippen LogP contribution in [0.2, 0.25) is 0 Å². The molecule has 0 aliphatic rings. The molecule has 35 heavy (non-hydrogen) atoms. The highest BCUT2D eigenvalue weighted by atomic mass is 35.5. The summed E-state index contributed by atoms with van der Waals surface area (Å²) in [6.07, 6.45) is 1.51. The Bertz CT molecular complexity index is 1260. The van der Waals surface area contributed by atoms with Gasteiger partial charge in [-0.25, -0.2) is 8.78 Å². The minimum absolute atomic E-state index is 0. The van der Waals surface area contributed by atoms with Gasteiger partial charge in [-0.15, -0.1) is 24.8 Å². The number of carbonyl (C=O) groups excluding carboxylic acids is 1. The first kappa shape index (κ1) is 28.3. The predicted molar refractivity (Wildman–Crippen MR) is 142 cm³/mol. The predicted octanol–water partition coefficient (Wildman–Crippen LogP) is 5.42. The van der Waals surface area contributed by atoms with Crippen LogP contribution >= 0.6 is 24.8 Å². The van der Waals surface area contributed by atoms with Crippen molar-refractivity contribution in [3.63, 3.8) is 0 Å². The molecule has 1 aromatic heterocycles. The first-order valence-electron chi connectivity index (χ1n) is 10.9. The van der Waals surface area contributed by atoms with Gasteiger partial charge in [-0.3, -0.25) is 4.79 Å². The van der Waals surface area contributed by atoms with E-state index in [9.17, 15) is 13.6 Å². The van der Waals surface area contributed by atoms with Gasteiger partial charge in [0, 0.05) is 29.1 Å². The van der Waals surface area contributed by atoms with Crippen LogP contribution in [0.1, 0.15) is 23.3 Å². The maximum atomic E-state index is 13.5. The van der Waals surface area contributed by atoms with E-state index in [1.54, 1.807) is 24.3 Å². The molecule has 3 aromatic carbocycles. The van der Waals surface area contributed by atoms with Gasteiger partial charge in [0.15, 0.2) is 0 Å². The second-order valence-corrected chi connectivity index (χ2v) is 8.05. The fourth-order valence-electron chi connectivity index (χ4n) is 3.90. The number of aromatic amines is 1. The Morgan fingerprint density at radius 3 is 2.06 bits per heavy atom. The fraction of sp³-hybridized carbons (Fsp3) is 0.192. The van der Waals surface area contributed by atoms with E-state index in [0.717, 1.165) is 40.4 Å². The summed E-state index contributed by atoms with van der Waals surface area (Å²) in [5.41, 5.74) is 15.9. The van der Waals surface area contributed by atoms with Gasteiger partial charge < -0.3 is 21.8 Å². The van der Waals surface area contributed by atoms with Crippen LogP contribution < -0.4 is 16.8 Å². The number of hydrogen-bond donors (Lipinski definition) is 4. The Morgan fingerprint density at radius 1 is 0.886 bits per heavy atom. The number of aromatic nitrogens is 1.